The van der Waals surface area contributed by atoms with E-state index >= 15 is 0 Å². The molecule has 0 spiro atoms. The van der Waals surface area contributed by atoms with Gasteiger partial charge in [0.15, 0.2) is 5.82 Å². The number of nitrogens with zero attached hydrogens (tertiary/aromatic N) is 3. The smallest absolute Gasteiger partial charge is 0.241 e. The number of pyridine rings is 1. The summed E-state index contributed by atoms with van der Waals surface area (Å²) < 4.78 is 31.6. The van der Waals surface area contributed by atoms with Crippen LogP contribution in [0.15, 0.2) is 27.7 Å². The zero-order valence-corrected chi connectivity index (χ0v) is 12.6. The molecule has 0 aliphatic heterocycles. The largest absolute Gasteiger partial charge is 0.370 e. The van der Waals surface area contributed by atoms with E-state index < -0.39 is 10.0 Å². The van der Waals surface area contributed by atoms with Crippen LogP contribution in [0.2, 0.25) is 0 Å². The van der Waals surface area contributed by atoms with E-state index in [1.54, 1.807) is 6.92 Å². The molecule has 8 nitrogen and oxygen atoms in total. The highest BCUT2D eigenvalue weighted by Gasteiger charge is 2.16. The first-order chi connectivity index (χ1) is 10.0. The fourth-order valence-corrected chi connectivity index (χ4v) is 2.57. The summed E-state index contributed by atoms with van der Waals surface area (Å²) in [5.74, 6) is 1.20. The number of sulfonamides is 1. The van der Waals surface area contributed by atoms with Crippen molar-refractivity contribution in [2.75, 3.05) is 11.9 Å². The molecule has 0 saturated carbocycles. The molecular weight excluding hydrogens is 294 g/mol. The van der Waals surface area contributed by atoms with Crippen molar-refractivity contribution in [1.82, 2.24) is 19.8 Å². The maximum Gasteiger partial charge on any atom is 0.241 e. The van der Waals surface area contributed by atoms with Crippen LogP contribution in [-0.2, 0) is 16.6 Å². The molecule has 21 heavy (non-hydrogen) atoms. The number of nitrogens with one attached hydrogen (secondary N) is 2. The van der Waals surface area contributed by atoms with Crippen LogP contribution in [0.5, 0.6) is 0 Å². The summed E-state index contributed by atoms with van der Waals surface area (Å²) in [7, 11) is -3.65. The lowest BCUT2D eigenvalue weighted by Gasteiger charge is -2.07. The average Bonchev–Trinajstić information content (AvgIpc) is 2.89. The standard InChI is InChI=1S/C12H17N5O3S/c1-3-5-13-11-7-10(4-6-14-11)21(18,19)15-8-12-16-9(2)17-20-12/h4,6-7,15H,3,5,8H2,1-2H3,(H,13,14). The van der Waals surface area contributed by atoms with Gasteiger partial charge >= 0.3 is 0 Å². The molecule has 0 saturated heterocycles. The van der Waals surface area contributed by atoms with Crippen molar-refractivity contribution in [2.45, 2.75) is 31.7 Å². The van der Waals surface area contributed by atoms with Gasteiger partial charge in [-0.25, -0.2) is 18.1 Å². The van der Waals surface area contributed by atoms with Gasteiger partial charge in [0.05, 0.1) is 11.4 Å². The van der Waals surface area contributed by atoms with Gasteiger partial charge in [0.2, 0.25) is 15.9 Å². The van der Waals surface area contributed by atoms with Gasteiger partial charge in [-0.3, -0.25) is 0 Å². The highest BCUT2D eigenvalue weighted by Crippen LogP contribution is 2.13. The minimum Gasteiger partial charge on any atom is -0.370 e. The zero-order chi connectivity index (χ0) is 15.3. The Morgan fingerprint density at radius 2 is 2.19 bits per heavy atom. The Kier molecular flexibility index (Phi) is 4.86. The van der Waals surface area contributed by atoms with E-state index in [1.807, 2.05) is 6.92 Å². The molecule has 0 aromatic carbocycles. The van der Waals surface area contributed by atoms with Crippen LogP contribution in [0.3, 0.4) is 0 Å². The summed E-state index contributed by atoms with van der Waals surface area (Å²) in [5, 5.41) is 6.64. The van der Waals surface area contributed by atoms with E-state index in [0.29, 0.717) is 11.6 Å². The summed E-state index contributed by atoms with van der Waals surface area (Å²) in [5.41, 5.74) is 0. The predicted molar refractivity (Wildman–Crippen MR) is 76.1 cm³/mol. The first-order valence-corrected chi connectivity index (χ1v) is 7.98. The van der Waals surface area contributed by atoms with E-state index in [4.69, 9.17) is 4.52 Å². The Balaban J connectivity index is 2.08. The molecule has 2 aromatic rings. The number of rotatable bonds is 7. The van der Waals surface area contributed by atoms with Gasteiger partial charge in [0, 0.05) is 18.8 Å². The van der Waals surface area contributed by atoms with E-state index in [-0.39, 0.29) is 17.3 Å². The third-order valence-corrected chi connectivity index (χ3v) is 3.98. The molecule has 0 fully saturated rings. The topological polar surface area (TPSA) is 110 Å². The first kappa shape index (κ1) is 15.4. The monoisotopic (exact) mass is 311 g/mol. The molecule has 0 atom stereocenters. The second-order valence-corrected chi connectivity index (χ2v) is 6.13. The van der Waals surface area contributed by atoms with Gasteiger partial charge in [0.25, 0.3) is 0 Å². The summed E-state index contributed by atoms with van der Waals surface area (Å²) in [4.78, 5) is 8.14. The van der Waals surface area contributed by atoms with Gasteiger partial charge in [0.1, 0.15) is 5.82 Å². The molecule has 0 amide bonds. The first-order valence-electron chi connectivity index (χ1n) is 6.50. The van der Waals surface area contributed by atoms with Crippen LogP contribution in [0.4, 0.5) is 5.82 Å². The van der Waals surface area contributed by atoms with Crippen molar-refractivity contribution in [2.24, 2.45) is 0 Å². The second-order valence-electron chi connectivity index (χ2n) is 4.36. The molecule has 2 N–H and O–H groups in total. The third-order valence-electron chi connectivity index (χ3n) is 2.58. The molecule has 114 valence electrons. The third kappa shape index (κ3) is 4.23. The Bertz CT molecular complexity index is 698. The van der Waals surface area contributed by atoms with Crippen LogP contribution in [0.25, 0.3) is 0 Å². The lowest BCUT2D eigenvalue weighted by Crippen LogP contribution is -2.23. The lowest BCUT2D eigenvalue weighted by molar-refractivity contribution is 0.372. The fraction of sp³-hybridized carbons (Fsp3) is 0.417. The molecule has 0 bridgehead atoms. The van der Waals surface area contributed by atoms with Crippen molar-refractivity contribution in [1.29, 1.82) is 0 Å². The summed E-state index contributed by atoms with van der Waals surface area (Å²) in [6, 6.07) is 2.91. The molecule has 9 heteroatoms. The van der Waals surface area contributed by atoms with Gasteiger partial charge in [-0.1, -0.05) is 12.1 Å². The van der Waals surface area contributed by atoms with E-state index in [0.717, 1.165) is 13.0 Å². The van der Waals surface area contributed by atoms with Crippen molar-refractivity contribution < 1.29 is 12.9 Å². The Morgan fingerprint density at radius 3 is 2.86 bits per heavy atom. The maximum atomic E-state index is 12.2. The highest BCUT2D eigenvalue weighted by atomic mass is 32.2. The molecule has 0 aliphatic rings. The van der Waals surface area contributed by atoms with Gasteiger partial charge in [-0.15, -0.1) is 0 Å². The van der Waals surface area contributed by atoms with Crippen LogP contribution in [-0.4, -0.2) is 30.1 Å². The lowest BCUT2D eigenvalue weighted by atomic mass is 10.4. The van der Waals surface area contributed by atoms with Crippen molar-refractivity contribution in [3.8, 4) is 0 Å². The van der Waals surface area contributed by atoms with E-state index in [9.17, 15) is 8.42 Å². The second kappa shape index (κ2) is 6.64. The van der Waals surface area contributed by atoms with E-state index in [2.05, 4.69) is 25.2 Å². The van der Waals surface area contributed by atoms with Crippen LogP contribution in [0, 0.1) is 6.92 Å². The molecule has 2 aromatic heterocycles. The molecule has 0 unspecified atom stereocenters. The van der Waals surface area contributed by atoms with Gasteiger partial charge in [-0.05, 0) is 19.4 Å². The molecule has 0 aliphatic carbocycles. The van der Waals surface area contributed by atoms with Crippen LogP contribution >= 0.6 is 0 Å². The molecule has 0 radical (unpaired) electrons. The number of aryl methyl sites for hydroxylation is 1. The average molecular weight is 311 g/mol. The van der Waals surface area contributed by atoms with Gasteiger partial charge in [-0.2, -0.15) is 4.98 Å². The van der Waals surface area contributed by atoms with E-state index in [1.165, 1.54) is 18.3 Å². The molecule has 2 heterocycles. The highest BCUT2D eigenvalue weighted by molar-refractivity contribution is 7.89. The minimum atomic E-state index is -3.65. The zero-order valence-electron chi connectivity index (χ0n) is 11.8. The molecular formula is C12H17N5O3S. The fourth-order valence-electron chi connectivity index (χ4n) is 1.58. The Labute approximate surface area is 123 Å². The summed E-state index contributed by atoms with van der Waals surface area (Å²) in [6.07, 6.45) is 2.37. The van der Waals surface area contributed by atoms with Crippen molar-refractivity contribution in [3.63, 3.8) is 0 Å². The normalized spacial score (nSPS) is 11.5. The van der Waals surface area contributed by atoms with Crippen LogP contribution < -0.4 is 10.0 Å². The minimum absolute atomic E-state index is 0.0524. The predicted octanol–water partition coefficient (Wildman–Crippen LogP) is 1.07. The quantitative estimate of drug-likeness (QED) is 0.787. The summed E-state index contributed by atoms with van der Waals surface area (Å²) >= 11 is 0. The number of hydrogen-bond acceptors (Lipinski definition) is 7. The Hall–Kier alpha value is -2.00. The summed E-state index contributed by atoms with van der Waals surface area (Å²) in [6.45, 7) is 4.35. The van der Waals surface area contributed by atoms with Crippen molar-refractivity contribution in [3.05, 3.63) is 30.0 Å². The molecule has 2 rings (SSSR count). The Morgan fingerprint density at radius 1 is 1.38 bits per heavy atom. The SMILES string of the molecule is CCCNc1cc(S(=O)(=O)NCc2nc(C)no2)ccn1. The number of anilines is 1. The number of aromatic nitrogens is 3. The van der Waals surface area contributed by atoms with Crippen molar-refractivity contribution >= 4 is 15.8 Å². The number of hydrogen-bond donors (Lipinski definition) is 2. The maximum absolute atomic E-state index is 12.2. The van der Waals surface area contributed by atoms with Crippen LogP contribution in [0.1, 0.15) is 25.1 Å². The van der Waals surface area contributed by atoms with Gasteiger partial charge < -0.3 is 9.84 Å².